The lowest BCUT2D eigenvalue weighted by Crippen LogP contribution is -2.41. The first-order chi connectivity index (χ1) is 14.5. The summed E-state index contributed by atoms with van der Waals surface area (Å²) in [5, 5.41) is 19.3. The van der Waals surface area contributed by atoms with Gasteiger partial charge < -0.3 is 25.8 Å². The molecule has 3 amide bonds. The Labute approximate surface area is 173 Å². The Bertz CT molecular complexity index is 1080. The SMILES string of the molecule is O=C1CCc2c(Oc3ccc(O)c([C@@H]4[C@@H]5C[C@@]45NC(=O)NC4CC4)c3)ccnc2N1. The third-order valence-electron chi connectivity index (χ3n) is 6.60. The minimum atomic E-state index is -0.227. The summed E-state index contributed by atoms with van der Waals surface area (Å²) in [6.07, 6.45) is 5.62. The fraction of sp³-hybridized carbons (Fsp3) is 0.409. The number of carbonyl (C=O) groups is 2. The molecule has 0 bridgehead atoms. The number of ether oxygens (including phenoxy) is 1. The first-order valence-electron chi connectivity index (χ1n) is 10.4. The molecule has 30 heavy (non-hydrogen) atoms. The van der Waals surface area contributed by atoms with Gasteiger partial charge in [0.15, 0.2) is 0 Å². The van der Waals surface area contributed by atoms with E-state index >= 15 is 0 Å². The van der Waals surface area contributed by atoms with Crippen LogP contribution in [0.3, 0.4) is 0 Å². The zero-order chi connectivity index (χ0) is 20.5. The van der Waals surface area contributed by atoms with E-state index in [1.165, 1.54) is 0 Å². The molecule has 3 atom stereocenters. The lowest BCUT2D eigenvalue weighted by Gasteiger charge is -2.20. The molecular formula is C22H22N4O4. The van der Waals surface area contributed by atoms with Crippen LogP contribution in [0.15, 0.2) is 30.5 Å². The highest BCUT2D eigenvalue weighted by atomic mass is 16.5. The van der Waals surface area contributed by atoms with E-state index in [1.54, 1.807) is 24.4 Å². The Morgan fingerprint density at radius 3 is 2.93 bits per heavy atom. The zero-order valence-electron chi connectivity index (χ0n) is 16.3. The number of aromatic hydroxyl groups is 1. The van der Waals surface area contributed by atoms with Crippen molar-refractivity contribution >= 4 is 17.8 Å². The standard InChI is InChI=1S/C22H22N4O4/c27-16-5-3-12(30-17-7-8-23-20-13(17)4-6-18(28)25-20)9-14(16)19-15-10-22(15,19)26-21(29)24-11-1-2-11/h3,5,7-9,11,15,19,27H,1-2,4,6,10H2,(H,23,25,28)(H2,24,26,29)/t15-,19+,22-/m0/s1. The second kappa shape index (κ2) is 6.10. The van der Waals surface area contributed by atoms with Crippen LogP contribution in [-0.4, -0.2) is 33.6 Å². The van der Waals surface area contributed by atoms with E-state index in [4.69, 9.17) is 4.74 Å². The molecule has 1 aliphatic heterocycles. The average Bonchev–Trinajstić information content (AvgIpc) is 3.62. The highest BCUT2D eigenvalue weighted by molar-refractivity contribution is 5.93. The van der Waals surface area contributed by atoms with E-state index in [2.05, 4.69) is 20.9 Å². The van der Waals surface area contributed by atoms with Gasteiger partial charge in [-0.05, 0) is 55.9 Å². The normalized spacial score (nSPS) is 27.9. The molecule has 3 aliphatic carbocycles. The molecule has 0 radical (unpaired) electrons. The van der Waals surface area contributed by atoms with Gasteiger partial charge in [-0.3, -0.25) is 4.79 Å². The van der Waals surface area contributed by atoms with E-state index in [-0.39, 0.29) is 29.1 Å². The van der Waals surface area contributed by atoms with Crippen molar-refractivity contribution in [3.63, 3.8) is 0 Å². The molecular weight excluding hydrogens is 384 g/mol. The molecule has 154 valence electrons. The van der Waals surface area contributed by atoms with Crippen LogP contribution in [0.1, 0.15) is 42.7 Å². The fourth-order valence-corrected chi connectivity index (χ4v) is 4.61. The number of nitrogens with one attached hydrogen (secondary N) is 3. The molecule has 3 saturated carbocycles. The van der Waals surface area contributed by atoms with Crippen LogP contribution in [-0.2, 0) is 11.2 Å². The highest BCUT2D eigenvalue weighted by Crippen LogP contribution is 2.77. The topological polar surface area (TPSA) is 113 Å². The number of amides is 3. The van der Waals surface area contributed by atoms with Crippen LogP contribution in [0.5, 0.6) is 17.2 Å². The van der Waals surface area contributed by atoms with E-state index in [9.17, 15) is 14.7 Å². The Hall–Kier alpha value is -3.29. The summed E-state index contributed by atoms with van der Waals surface area (Å²) in [6, 6.07) is 7.19. The molecule has 2 aromatic rings. The van der Waals surface area contributed by atoms with Crippen molar-refractivity contribution < 1.29 is 19.4 Å². The number of fused-ring (bicyclic) bond motifs is 2. The van der Waals surface area contributed by atoms with Crippen molar-refractivity contribution in [3.8, 4) is 17.2 Å². The van der Waals surface area contributed by atoms with Crippen molar-refractivity contribution in [2.24, 2.45) is 5.92 Å². The van der Waals surface area contributed by atoms with Crippen LogP contribution < -0.4 is 20.7 Å². The zero-order valence-corrected chi connectivity index (χ0v) is 16.3. The molecule has 3 fully saturated rings. The summed E-state index contributed by atoms with van der Waals surface area (Å²) in [4.78, 5) is 28.0. The maximum atomic E-state index is 12.2. The van der Waals surface area contributed by atoms with Crippen LogP contribution in [0.2, 0.25) is 0 Å². The van der Waals surface area contributed by atoms with Gasteiger partial charge in [0.05, 0.1) is 5.54 Å². The first-order valence-corrected chi connectivity index (χ1v) is 10.4. The molecule has 0 saturated heterocycles. The number of carbonyl (C=O) groups excluding carboxylic acids is 2. The Kier molecular flexibility index (Phi) is 3.57. The Morgan fingerprint density at radius 1 is 1.27 bits per heavy atom. The van der Waals surface area contributed by atoms with Gasteiger partial charge in [-0.25, -0.2) is 9.78 Å². The van der Waals surface area contributed by atoms with Crippen molar-refractivity contribution in [1.29, 1.82) is 0 Å². The summed E-state index contributed by atoms with van der Waals surface area (Å²) in [6.45, 7) is 0. The number of hydrogen-bond donors (Lipinski definition) is 4. The maximum absolute atomic E-state index is 12.2. The van der Waals surface area contributed by atoms with Gasteiger partial charge >= 0.3 is 6.03 Å². The summed E-state index contributed by atoms with van der Waals surface area (Å²) in [5.74, 6) is 2.44. The minimum Gasteiger partial charge on any atom is -0.508 e. The summed E-state index contributed by atoms with van der Waals surface area (Å²) in [7, 11) is 0. The van der Waals surface area contributed by atoms with Crippen molar-refractivity contribution in [2.75, 3.05) is 5.32 Å². The van der Waals surface area contributed by atoms with Crippen LogP contribution in [0.4, 0.5) is 10.6 Å². The van der Waals surface area contributed by atoms with E-state index in [0.29, 0.717) is 42.1 Å². The predicted molar refractivity (Wildman–Crippen MR) is 108 cm³/mol. The van der Waals surface area contributed by atoms with Crippen molar-refractivity contribution in [3.05, 3.63) is 41.6 Å². The van der Waals surface area contributed by atoms with Crippen LogP contribution >= 0.6 is 0 Å². The van der Waals surface area contributed by atoms with Crippen LogP contribution in [0, 0.1) is 5.92 Å². The highest BCUT2D eigenvalue weighted by Gasteiger charge is 2.80. The van der Waals surface area contributed by atoms with Gasteiger partial charge in [0, 0.05) is 35.7 Å². The number of aromatic nitrogens is 1. The third kappa shape index (κ3) is 2.86. The summed E-state index contributed by atoms with van der Waals surface area (Å²) >= 11 is 0. The van der Waals surface area contributed by atoms with Gasteiger partial charge in [-0.1, -0.05) is 0 Å². The lowest BCUT2D eigenvalue weighted by atomic mass is 9.99. The van der Waals surface area contributed by atoms with Gasteiger partial charge in [0.2, 0.25) is 5.91 Å². The van der Waals surface area contributed by atoms with E-state index < -0.39 is 0 Å². The quantitative estimate of drug-likeness (QED) is 0.610. The van der Waals surface area contributed by atoms with Gasteiger partial charge in [0.1, 0.15) is 23.1 Å². The van der Waals surface area contributed by atoms with Crippen molar-refractivity contribution in [2.45, 2.75) is 49.6 Å². The van der Waals surface area contributed by atoms with Crippen LogP contribution in [0.25, 0.3) is 0 Å². The smallest absolute Gasteiger partial charge is 0.315 e. The minimum absolute atomic E-state index is 0.0458. The number of urea groups is 1. The number of hydrogen-bond acceptors (Lipinski definition) is 5. The van der Waals surface area contributed by atoms with Crippen molar-refractivity contribution in [1.82, 2.24) is 15.6 Å². The number of benzene rings is 1. The lowest BCUT2D eigenvalue weighted by molar-refractivity contribution is -0.116. The van der Waals surface area contributed by atoms with Gasteiger partial charge in [-0.2, -0.15) is 0 Å². The largest absolute Gasteiger partial charge is 0.508 e. The number of rotatable bonds is 5. The number of anilines is 1. The molecule has 1 aromatic carbocycles. The first kappa shape index (κ1) is 17.6. The van der Waals surface area contributed by atoms with Gasteiger partial charge in [-0.15, -0.1) is 0 Å². The number of phenolic OH excluding ortho intramolecular Hbond substituents is 1. The molecule has 6 rings (SSSR count). The molecule has 4 N–H and O–H groups in total. The maximum Gasteiger partial charge on any atom is 0.315 e. The van der Waals surface area contributed by atoms with Gasteiger partial charge in [0.25, 0.3) is 0 Å². The average molecular weight is 406 g/mol. The number of pyridine rings is 1. The second-order valence-corrected chi connectivity index (χ2v) is 8.71. The molecule has 1 aromatic heterocycles. The van der Waals surface area contributed by atoms with E-state index in [0.717, 1.165) is 30.4 Å². The number of nitrogens with zero attached hydrogens (tertiary/aromatic N) is 1. The Morgan fingerprint density at radius 2 is 2.13 bits per heavy atom. The second-order valence-electron chi connectivity index (χ2n) is 8.71. The molecule has 2 heterocycles. The molecule has 8 heteroatoms. The third-order valence-corrected chi connectivity index (χ3v) is 6.60. The molecule has 8 nitrogen and oxygen atoms in total. The fourth-order valence-electron chi connectivity index (χ4n) is 4.61. The Balaban J connectivity index is 1.21. The number of phenols is 1. The molecule has 4 aliphatic rings. The summed E-state index contributed by atoms with van der Waals surface area (Å²) < 4.78 is 6.11. The molecule has 0 spiro atoms. The monoisotopic (exact) mass is 406 g/mol. The van der Waals surface area contributed by atoms with E-state index in [1.807, 2.05) is 6.07 Å². The predicted octanol–water partition coefficient (Wildman–Crippen LogP) is 2.78. The summed E-state index contributed by atoms with van der Waals surface area (Å²) in [5.41, 5.74) is 1.44. The molecule has 0 unspecified atom stereocenters.